The summed E-state index contributed by atoms with van der Waals surface area (Å²) in [6.45, 7) is 5.13. The molecule has 1 amide bonds. The van der Waals surface area contributed by atoms with E-state index in [1.807, 2.05) is 4.90 Å². The van der Waals surface area contributed by atoms with Crippen LogP contribution in [0.3, 0.4) is 0 Å². The maximum Gasteiger partial charge on any atom is 0.260 e. The van der Waals surface area contributed by atoms with Crippen LogP contribution in [0.1, 0.15) is 31.7 Å². The summed E-state index contributed by atoms with van der Waals surface area (Å²) in [7, 11) is 0. The summed E-state index contributed by atoms with van der Waals surface area (Å²) in [6.07, 6.45) is 3.14. The van der Waals surface area contributed by atoms with Crippen molar-refractivity contribution in [1.29, 1.82) is 0 Å². The van der Waals surface area contributed by atoms with Crippen molar-refractivity contribution in [1.82, 2.24) is 10.2 Å². The predicted molar refractivity (Wildman–Crippen MR) is 79.7 cm³/mol. The van der Waals surface area contributed by atoms with Crippen LogP contribution in [0, 0.1) is 5.82 Å². The molecule has 1 fully saturated rings. The molecule has 0 aromatic heterocycles. The van der Waals surface area contributed by atoms with E-state index in [1.165, 1.54) is 12.1 Å². The minimum absolute atomic E-state index is 0.00397. The maximum atomic E-state index is 13.3. The zero-order chi connectivity index (χ0) is 15.1. The molecule has 1 N–H and O–H groups in total. The molecule has 116 valence electrons. The molecule has 0 radical (unpaired) electrons. The highest BCUT2D eigenvalue weighted by atomic mass is 19.1. The average molecular weight is 294 g/mol. The molecule has 0 spiro atoms. The Bertz CT molecular complexity index is 473. The molecule has 0 bridgehead atoms. The van der Waals surface area contributed by atoms with Crippen molar-refractivity contribution in [3.63, 3.8) is 0 Å². The molecular formula is C16H23FN2O2. The van der Waals surface area contributed by atoms with Gasteiger partial charge in [-0.3, -0.25) is 4.79 Å². The van der Waals surface area contributed by atoms with Gasteiger partial charge in [0.1, 0.15) is 11.6 Å². The molecule has 1 aromatic rings. The summed E-state index contributed by atoms with van der Waals surface area (Å²) in [5, 5.41) is 3.22. The summed E-state index contributed by atoms with van der Waals surface area (Å²) < 4.78 is 18.9. The predicted octanol–water partition coefficient (Wildman–Crippen LogP) is 2.33. The lowest BCUT2D eigenvalue weighted by Crippen LogP contribution is -2.32. The van der Waals surface area contributed by atoms with Gasteiger partial charge < -0.3 is 15.0 Å². The number of ether oxygens (including phenoxy) is 1. The van der Waals surface area contributed by atoms with Gasteiger partial charge in [0.2, 0.25) is 0 Å². The number of amides is 1. The second kappa shape index (κ2) is 7.98. The van der Waals surface area contributed by atoms with E-state index >= 15 is 0 Å². The van der Waals surface area contributed by atoms with Crippen molar-refractivity contribution in [2.45, 2.75) is 32.7 Å². The molecule has 0 unspecified atom stereocenters. The van der Waals surface area contributed by atoms with Gasteiger partial charge in [0.15, 0.2) is 6.61 Å². The van der Waals surface area contributed by atoms with Gasteiger partial charge in [-0.05, 0) is 44.0 Å². The van der Waals surface area contributed by atoms with Gasteiger partial charge in [0, 0.05) is 25.2 Å². The fourth-order valence-corrected chi connectivity index (χ4v) is 2.42. The lowest BCUT2D eigenvalue weighted by atomic mass is 10.2. The van der Waals surface area contributed by atoms with Gasteiger partial charge in [-0.1, -0.05) is 6.92 Å². The Kier molecular flexibility index (Phi) is 5.99. The van der Waals surface area contributed by atoms with Crippen LogP contribution in [0.4, 0.5) is 4.39 Å². The van der Waals surface area contributed by atoms with Crippen molar-refractivity contribution >= 4 is 5.91 Å². The summed E-state index contributed by atoms with van der Waals surface area (Å²) >= 11 is 0. The number of hydrogen-bond acceptors (Lipinski definition) is 3. The SMILES string of the molecule is CCCNCc1cc(F)ccc1OCC(=O)N1CCCC1. The third kappa shape index (κ3) is 4.70. The van der Waals surface area contributed by atoms with Crippen LogP contribution in [0.5, 0.6) is 5.75 Å². The van der Waals surface area contributed by atoms with Crippen LogP contribution in [0.25, 0.3) is 0 Å². The fraction of sp³-hybridized carbons (Fsp3) is 0.562. The lowest BCUT2D eigenvalue weighted by molar-refractivity contribution is -0.132. The number of carbonyl (C=O) groups excluding carboxylic acids is 1. The van der Waals surface area contributed by atoms with E-state index in [0.29, 0.717) is 12.3 Å². The topological polar surface area (TPSA) is 41.6 Å². The minimum atomic E-state index is -0.290. The van der Waals surface area contributed by atoms with Crippen molar-refractivity contribution in [2.75, 3.05) is 26.2 Å². The van der Waals surface area contributed by atoms with E-state index in [0.717, 1.165) is 44.5 Å². The van der Waals surface area contributed by atoms with Crippen LogP contribution in [-0.4, -0.2) is 37.0 Å². The first-order valence-corrected chi connectivity index (χ1v) is 7.60. The number of halogens is 1. The molecule has 4 nitrogen and oxygen atoms in total. The molecule has 0 atom stereocenters. The van der Waals surface area contributed by atoms with E-state index < -0.39 is 0 Å². The third-order valence-corrected chi connectivity index (χ3v) is 3.57. The highest BCUT2D eigenvalue weighted by Crippen LogP contribution is 2.20. The van der Waals surface area contributed by atoms with Crippen LogP contribution >= 0.6 is 0 Å². The Morgan fingerprint density at radius 2 is 2.14 bits per heavy atom. The molecule has 1 saturated heterocycles. The summed E-state index contributed by atoms with van der Waals surface area (Å²) in [6, 6.07) is 4.41. The number of hydrogen-bond donors (Lipinski definition) is 1. The van der Waals surface area contributed by atoms with Crippen LogP contribution < -0.4 is 10.1 Å². The van der Waals surface area contributed by atoms with Crippen molar-refractivity contribution in [3.8, 4) is 5.75 Å². The standard InChI is InChI=1S/C16H23FN2O2/c1-2-7-18-11-13-10-14(17)5-6-15(13)21-12-16(20)19-8-3-4-9-19/h5-6,10,18H,2-4,7-9,11-12H2,1H3. The van der Waals surface area contributed by atoms with Gasteiger partial charge in [0.05, 0.1) is 0 Å². The molecule has 2 rings (SSSR count). The first kappa shape index (κ1) is 15.8. The minimum Gasteiger partial charge on any atom is -0.483 e. The van der Waals surface area contributed by atoms with Crippen LogP contribution in [-0.2, 0) is 11.3 Å². The fourth-order valence-electron chi connectivity index (χ4n) is 2.42. The first-order chi connectivity index (χ1) is 10.2. The van der Waals surface area contributed by atoms with Crippen molar-refractivity contribution in [2.24, 2.45) is 0 Å². The van der Waals surface area contributed by atoms with Crippen molar-refractivity contribution < 1.29 is 13.9 Å². The normalized spacial score (nSPS) is 14.5. The Morgan fingerprint density at radius 3 is 2.86 bits per heavy atom. The smallest absolute Gasteiger partial charge is 0.260 e. The van der Waals surface area contributed by atoms with Crippen LogP contribution in [0.15, 0.2) is 18.2 Å². The van der Waals surface area contributed by atoms with E-state index in [-0.39, 0.29) is 18.3 Å². The molecule has 1 heterocycles. The number of nitrogens with one attached hydrogen (secondary N) is 1. The number of carbonyl (C=O) groups is 1. The maximum absolute atomic E-state index is 13.3. The number of likely N-dealkylation sites (tertiary alicyclic amines) is 1. The average Bonchev–Trinajstić information content (AvgIpc) is 3.00. The molecule has 5 heteroatoms. The number of benzene rings is 1. The second-order valence-electron chi connectivity index (χ2n) is 5.31. The third-order valence-electron chi connectivity index (χ3n) is 3.57. The molecule has 1 aromatic carbocycles. The van der Waals surface area contributed by atoms with E-state index in [9.17, 15) is 9.18 Å². The van der Waals surface area contributed by atoms with Gasteiger partial charge in [-0.2, -0.15) is 0 Å². The van der Waals surface area contributed by atoms with Gasteiger partial charge in [-0.15, -0.1) is 0 Å². The Balaban J connectivity index is 1.93. The Morgan fingerprint density at radius 1 is 1.38 bits per heavy atom. The highest BCUT2D eigenvalue weighted by molar-refractivity contribution is 5.78. The van der Waals surface area contributed by atoms with E-state index in [1.54, 1.807) is 6.07 Å². The quantitative estimate of drug-likeness (QED) is 0.785. The van der Waals surface area contributed by atoms with E-state index in [2.05, 4.69) is 12.2 Å². The number of nitrogens with zero attached hydrogens (tertiary/aromatic N) is 1. The first-order valence-electron chi connectivity index (χ1n) is 7.60. The second-order valence-corrected chi connectivity index (χ2v) is 5.31. The van der Waals surface area contributed by atoms with Gasteiger partial charge >= 0.3 is 0 Å². The zero-order valence-corrected chi connectivity index (χ0v) is 12.5. The van der Waals surface area contributed by atoms with Crippen LogP contribution in [0.2, 0.25) is 0 Å². The van der Waals surface area contributed by atoms with Gasteiger partial charge in [-0.25, -0.2) is 4.39 Å². The molecule has 1 aliphatic rings. The van der Waals surface area contributed by atoms with Gasteiger partial charge in [0.25, 0.3) is 5.91 Å². The molecule has 0 saturated carbocycles. The molecular weight excluding hydrogens is 271 g/mol. The molecule has 1 aliphatic heterocycles. The number of rotatable bonds is 7. The van der Waals surface area contributed by atoms with E-state index in [4.69, 9.17) is 4.74 Å². The van der Waals surface area contributed by atoms with Crippen molar-refractivity contribution in [3.05, 3.63) is 29.6 Å². The summed E-state index contributed by atoms with van der Waals surface area (Å²) in [4.78, 5) is 13.8. The largest absolute Gasteiger partial charge is 0.483 e. The summed E-state index contributed by atoms with van der Waals surface area (Å²) in [5.41, 5.74) is 0.748. The molecule has 0 aliphatic carbocycles. The summed E-state index contributed by atoms with van der Waals surface area (Å²) in [5.74, 6) is 0.290. The highest BCUT2D eigenvalue weighted by Gasteiger charge is 2.18. The molecule has 21 heavy (non-hydrogen) atoms. The zero-order valence-electron chi connectivity index (χ0n) is 12.5. The monoisotopic (exact) mass is 294 g/mol. The Labute approximate surface area is 125 Å². The Hall–Kier alpha value is -1.62. The lowest BCUT2D eigenvalue weighted by Gasteiger charge is -2.17.